The summed E-state index contributed by atoms with van der Waals surface area (Å²) in [5.74, 6) is 0. The van der Waals surface area contributed by atoms with E-state index in [0.717, 1.165) is 22.3 Å². The summed E-state index contributed by atoms with van der Waals surface area (Å²) in [6.07, 6.45) is 7.50. The van der Waals surface area contributed by atoms with Gasteiger partial charge in [0, 0.05) is 35.9 Å². The second kappa shape index (κ2) is 11.1. The molecular formula is C42H28N2. The first-order valence-corrected chi connectivity index (χ1v) is 14.9. The van der Waals surface area contributed by atoms with Gasteiger partial charge in [-0.05, 0) is 96.4 Å². The maximum atomic E-state index is 4.38. The number of nitrogens with zero attached hydrogens (tertiary/aromatic N) is 2. The highest BCUT2D eigenvalue weighted by molar-refractivity contribution is 6.22. The molecule has 2 heteroatoms. The molecule has 0 radical (unpaired) electrons. The highest BCUT2D eigenvalue weighted by Crippen LogP contribution is 2.45. The second-order valence-electron chi connectivity index (χ2n) is 11.1. The third kappa shape index (κ3) is 4.63. The van der Waals surface area contributed by atoms with Crippen molar-refractivity contribution in [3.8, 4) is 55.6 Å². The number of rotatable bonds is 5. The zero-order valence-corrected chi connectivity index (χ0v) is 24.1. The lowest BCUT2D eigenvalue weighted by Gasteiger charge is -2.19. The molecule has 8 rings (SSSR count). The van der Waals surface area contributed by atoms with Crippen molar-refractivity contribution in [2.24, 2.45) is 0 Å². The molecule has 2 nitrogen and oxygen atoms in total. The summed E-state index contributed by atoms with van der Waals surface area (Å²) < 4.78 is 0. The van der Waals surface area contributed by atoms with Crippen LogP contribution < -0.4 is 0 Å². The molecule has 0 saturated heterocycles. The Bertz CT molecular complexity index is 2260. The van der Waals surface area contributed by atoms with E-state index in [-0.39, 0.29) is 0 Å². The molecule has 0 aliphatic heterocycles. The summed E-state index contributed by atoms with van der Waals surface area (Å²) in [6.45, 7) is 0. The van der Waals surface area contributed by atoms with E-state index in [1.807, 2.05) is 36.9 Å². The van der Waals surface area contributed by atoms with E-state index in [0.29, 0.717) is 0 Å². The average molecular weight is 561 g/mol. The minimum Gasteiger partial charge on any atom is -0.264 e. The zero-order valence-electron chi connectivity index (χ0n) is 24.1. The molecule has 0 fully saturated rings. The summed E-state index contributed by atoms with van der Waals surface area (Å²) in [5, 5.41) is 4.93. The van der Waals surface area contributed by atoms with Gasteiger partial charge in [-0.2, -0.15) is 0 Å². The highest BCUT2D eigenvalue weighted by atomic mass is 14.6. The molecule has 0 aliphatic carbocycles. The van der Waals surface area contributed by atoms with E-state index < -0.39 is 0 Å². The van der Waals surface area contributed by atoms with Gasteiger partial charge in [0.05, 0.1) is 0 Å². The van der Waals surface area contributed by atoms with E-state index in [1.165, 1.54) is 54.9 Å². The Morgan fingerprint density at radius 1 is 0.273 bits per heavy atom. The van der Waals surface area contributed by atoms with Crippen LogP contribution in [0.3, 0.4) is 0 Å². The Labute approximate surface area is 257 Å². The lowest BCUT2D eigenvalue weighted by atomic mass is 9.84. The summed E-state index contributed by atoms with van der Waals surface area (Å²) in [7, 11) is 0. The number of benzene rings is 6. The Balaban J connectivity index is 1.45. The van der Waals surface area contributed by atoms with Crippen molar-refractivity contribution in [2.75, 3.05) is 0 Å². The standard InChI is InChI=1S/C42H28N2/c1-2-10-29(11-3-1)32-20-21-39-40(26-32)42(34-15-7-13-31(25-34)36-17-9-23-44-28-36)38-19-5-4-18-37(38)41(39)33-14-6-12-30(24-33)35-16-8-22-43-27-35/h1-28H. The van der Waals surface area contributed by atoms with Gasteiger partial charge in [-0.25, -0.2) is 0 Å². The Kier molecular flexibility index (Phi) is 6.51. The molecule has 0 amide bonds. The van der Waals surface area contributed by atoms with Crippen LogP contribution in [0.25, 0.3) is 77.2 Å². The molecule has 0 atom stereocenters. The Morgan fingerprint density at radius 3 is 1.30 bits per heavy atom. The fourth-order valence-corrected chi connectivity index (χ4v) is 6.39. The molecule has 0 saturated carbocycles. The highest BCUT2D eigenvalue weighted by Gasteiger charge is 2.18. The lowest BCUT2D eigenvalue weighted by Crippen LogP contribution is -1.92. The topological polar surface area (TPSA) is 25.8 Å². The van der Waals surface area contributed by atoms with Crippen LogP contribution in [0.1, 0.15) is 0 Å². The van der Waals surface area contributed by atoms with E-state index >= 15 is 0 Å². The molecule has 0 unspecified atom stereocenters. The number of fused-ring (bicyclic) bond motifs is 2. The molecule has 44 heavy (non-hydrogen) atoms. The minimum atomic E-state index is 1.11. The van der Waals surface area contributed by atoms with Gasteiger partial charge in [0.2, 0.25) is 0 Å². The molecular weight excluding hydrogens is 532 g/mol. The smallest absolute Gasteiger partial charge is 0.0346 e. The van der Waals surface area contributed by atoms with Crippen LogP contribution in [-0.2, 0) is 0 Å². The number of hydrogen-bond donors (Lipinski definition) is 0. The number of pyridine rings is 2. The van der Waals surface area contributed by atoms with Crippen molar-refractivity contribution in [1.29, 1.82) is 0 Å². The first kappa shape index (κ1) is 25.8. The Morgan fingerprint density at radius 2 is 0.727 bits per heavy atom. The van der Waals surface area contributed by atoms with Crippen LogP contribution in [0.15, 0.2) is 170 Å². The van der Waals surface area contributed by atoms with Gasteiger partial charge >= 0.3 is 0 Å². The molecule has 206 valence electrons. The van der Waals surface area contributed by atoms with Crippen LogP contribution in [0.2, 0.25) is 0 Å². The van der Waals surface area contributed by atoms with E-state index in [1.54, 1.807) is 0 Å². The maximum absolute atomic E-state index is 4.38. The first-order chi connectivity index (χ1) is 21.8. The third-order valence-electron chi connectivity index (χ3n) is 8.42. The van der Waals surface area contributed by atoms with Gasteiger partial charge in [0.15, 0.2) is 0 Å². The monoisotopic (exact) mass is 560 g/mol. The zero-order chi connectivity index (χ0) is 29.3. The van der Waals surface area contributed by atoms with Crippen molar-refractivity contribution in [1.82, 2.24) is 9.97 Å². The maximum Gasteiger partial charge on any atom is 0.0346 e. The first-order valence-electron chi connectivity index (χ1n) is 14.9. The Hall–Kier alpha value is -5.86. The van der Waals surface area contributed by atoms with Gasteiger partial charge in [-0.1, -0.05) is 115 Å². The molecule has 0 spiro atoms. The van der Waals surface area contributed by atoms with E-state index in [4.69, 9.17) is 0 Å². The lowest BCUT2D eigenvalue weighted by molar-refractivity contribution is 1.33. The van der Waals surface area contributed by atoms with Gasteiger partial charge in [0.1, 0.15) is 0 Å². The summed E-state index contributed by atoms with van der Waals surface area (Å²) in [5.41, 5.74) is 11.8. The number of hydrogen-bond acceptors (Lipinski definition) is 2. The van der Waals surface area contributed by atoms with Crippen molar-refractivity contribution in [3.05, 3.63) is 170 Å². The molecule has 8 aromatic rings. The van der Waals surface area contributed by atoms with Crippen LogP contribution in [0.4, 0.5) is 0 Å². The van der Waals surface area contributed by atoms with Crippen molar-refractivity contribution >= 4 is 21.5 Å². The van der Waals surface area contributed by atoms with Crippen LogP contribution >= 0.6 is 0 Å². The third-order valence-corrected chi connectivity index (χ3v) is 8.42. The van der Waals surface area contributed by atoms with Crippen LogP contribution in [0, 0.1) is 0 Å². The van der Waals surface area contributed by atoms with Gasteiger partial charge in [-0.3, -0.25) is 9.97 Å². The van der Waals surface area contributed by atoms with E-state index in [2.05, 4.69) is 143 Å². The molecule has 2 heterocycles. The fourth-order valence-electron chi connectivity index (χ4n) is 6.39. The van der Waals surface area contributed by atoms with E-state index in [9.17, 15) is 0 Å². The molecule has 0 aliphatic rings. The van der Waals surface area contributed by atoms with Gasteiger partial charge in [-0.15, -0.1) is 0 Å². The predicted octanol–water partition coefficient (Wildman–Crippen LogP) is 11.1. The molecule has 2 aromatic heterocycles. The minimum absolute atomic E-state index is 1.11. The SMILES string of the molecule is c1ccc(-c2ccc3c(-c4cccc(-c5cccnc5)c4)c4ccccc4c(-c4cccc(-c5cccnc5)c4)c3c2)cc1. The summed E-state index contributed by atoms with van der Waals surface area (Å²) in [6, 6.07) is 52.4. The number of aromatic nitrogens is 2. The second-order valence-corrected chi connectivity index (χ2v) is 11.1. The van der Waals surface area contributed by atoms with Crippen molar-refractivity contribution in [3.63, 3.8) is 0 Å². The normalized spacial score (nSPS) is 11.2. The molecule has 0 bridgehead atoms. The van der Waals surface area contributed by atoms with Crippen molar-refractivity contribution in [2.45, 2.75) is 0 Å². The predicted molar refractivity (Wildman–Crippen MR) is 184 cm³/mol. The largest absolute Gasteiger partial charge is 0.264 e. The average Bonchev–Trinajstić information content (AvgIpc) is 3.11. The quantitative estimate of drug-likeness (QED) is 0.196. The van der Waals surface area contributed by atoms with Gasteiger partial charge < -0.3 is 0 Å². The summed E-state index contributed by atoms with van der Waals surface area (Å²) >= 11 is 0. The molecule has 0 N–H and O–H groups in total. The van der Waals surface area contributed by atoms with Crippen LogP contribution in [-0.4, -0.2) is 9.97 Å². The molecule has 6 aromatic carbocycles. The fraction of sp³-hybridized carbons (Fsp3) is 0. The van der Waals surface area contributed by atoms with Gasteiger partial charge in [0.25, 0.3) is 0 Å². The summed E-state index contributed by atoms with van der Waals surface area (Å²) in [4.78, 5) is 8.75. The van der Waals surface area contributed by atoms with Crippen molar-refractivity contribution < 1.29 is 0 Å². The van der Waals surface area contributed by atoms with Crippen LogP contribution in [0.5, 0.6) is 0 Å².